The van der Waals surface area contributed by atoms with Crippen molar-refractivity contribution in [2.75, 3.05) is 6.54 Å². The van der Waals surface area contributed by atoms with E-state index >= 15 is 0 Å². The van der Waals surface area contributed by atoms with Crippen molar-refractivity contribution in [1.82, 2.24) is 5.43 Å². The highest BCUT2D eigenvalue weighted by Crippen LogP contribution is 1.50. The van der Waals surface area contributed by atoms with Crippen molar-refractivity contribution in [3.05, 3.63) is 0 Å². The van der Waals surface area contributed by atoms with Gasteiger partial charge in [-0.2, -0.15) is 5.10 Å². The van der Waals surface area contributed by atoms with Crippen LogP contribution in [-0.2, 0) is 0 Å². The molecule has 0 aromatic rings. The van der Waals surface area contributed by atoms with E-state index in [0.717, 1.165) is 12.8 Å². The molecule has 0 heterocycles. The SMILES string of the molecule is CCNN=CC=N. The Hall–Kier alpha value is -0.860. The highest BCUT2D eigenvalue weighted by Gasteiger charge is 1.61. The molecule has 0 atom stereocenters. The Bertz CT molecular complexity index is 67.3. The Labute approximate surface area is 42.9 Å². The van der Waals surface area contributed by atoms with Gasteiger partial charge in [-0.25, -0.2) is 0 Å². The third-order valence-corrected chi connectivity index (χ3v) is 0.398. The van der Waals surface area contributed by atoms with Crippen molar-refractivity contribution in [2.45, 2.75) is 6.92 Å². The second-order valence-electron chi connectivity index (χ2n) is 0.957. The van der Waals surface area contributed by atoms with Crippen LogP contribution in [0.3, 0.4) is 0 Å². The molecular weight excluding hydrogens is 90.1 g/mol. The first-order valence-corrected chi connectivity index (χ1v) is 2.16. The van der Waals surface area contributed by atoms with Crippen LogP contribution in [0.1, 0.15) is 6.92 Å². The van der Waals surface area contributed by atoms with Crippen LogP contribution in [0.15, 0.2) is 5.10 Å². The molecule has 3 nitrogen and oxygen atoms in total. The maximum Gasteiger partial charge on any atom is 0.0643 e. The van der Waals surface area contributed by atoms with Gasteiger partial charge in [-0.15, -0.1) is 0 Å². The fraction of sp³-hybridized carbons (Fsp3) is 0.500. The van der Waals surface area contributed by atoms with Gasteiger partial charge < -0.3 is 10.8 Å². The number of rotatable bonds is 3. The zero-order valence-electron chi connectivity index (χ0n) is 4.31. The van der Waals surface area contributed by atoms with E-state index in [-0.39, 0.29) is 0 Å². The van der Waals surface area contributed by atoms with Gasteiger partial charge in [-0.3, -0.25) is 0 Å². The predicted octanol–water partition coefficient (Wildman–Crippen LogP) is 0.231. The molecule has 0 radical (unpaired) electrons. The maximum absolute atomic E-state index is 6.47. The molecule has 2 N–H and O–H groups in total. The fourth-order valence-electron chi connectivity index (χ4n) is 0.181. The van der Waals surface area contributed by atoms with Gasteiger partial charge in [0.25, 0.3) is 0 Å². The number of nitrogens with zero attached hydrogens (tertiary/aromatic N) is 1. The molecule has 0 saturated heterocycles. The predicted molar refractivity (Wildman–Crippen MR) is 31.0 cm³/mol. The van der Waals surface area contributed by atoms with Crippen molar-refractivity contribution in [1.29, 1.82) is 5.41 Å². The van der Waals surface area contributed by atoms with Crippen molar-refractivity contribution < 1.29 is 0 Å². The molecule has 0 aromatic carbocycles. The Morgan fingerprint density at radius 1 is 1.86 bits per heavy atom. The molecule has 0 unspecified atom stereocenters. The summed E-state index contributed by atoms with van der Waals surface area (Å²) in [5.41, 5.74) is 2.67. The molecule has 0 aliphatic rings. The molecule has 0 saturated carbocycles. The maximum atomic E-state index is 6.47. The first-order chi connectivity index (χ1) is 3.41. The van der Waals surface area contributed by atoms with Crippen LogP contribution < -0.4 is 5.43 Å². The molecule has 0 aliphatic carbocycles. The lowest BCUT2D eigenvalue weighted by atomic mass is 10.8. The molecule has 0 bridgehead atoms. The minimum Gasteiger partial charge on any atom is -0.310 e. The zero-order chi connectivity index (χ0) is 5.54. The summed E-state index contributed by atoms with van der Waals surface area (Å²) in [5, 5.41) is 10.1. The summed E-state index contributed by atoms with van der Waals surface area (Å²) in [6, 6.07) is 0. The minimum absolute atomic E-state index is 0.810. The zero-order valence-corrected chi connectivity index (χ0v) is 4.31. The highest BCUT2D eigenvalue weighted by molar-refractivity contribution is 6.14. The van der Waals surface area contributed by atoms with Gasteiger partial charge in [0.2, 0.25) is 0 Å². The smallest absolute Gasteiger partial charge is 0.0643 e. The number of nitrogens with one attached hydrogen (secondary N) is 2. The van der Waals surface area contributed by atoms with Crippen molar-refractivity contribution >= 4 is 12.4 Å². The van der Waals surface area contributed by atoms with Crippen LogP contribution in [0.2, 0.25) is 0 Å². The van der Waals surface area contributed by atoms with Gasteiger partial charge in [0.15, 0.2) is 0 Å². The van der Waals surface area contributed by atoms with Crippen molar-refractivity contribution in [3.63, 3.8) is 0 Å². The normalized spacial score (nSPS) is 9.29. The van der Waals surface area contributed by atoms with Crippen LogP contribution in [0.25, 0.3) is 0 Å². The van der Waals surface area contributed by atoms with E-state index in [0.29, 0.717) is 0 Å². The van der Waals surface area contributed by atoms with Crippen LogP contribution in [0, 0.1) is 5.41 Å². The van der Waals surface area contributed by atoms with Crippen LogP contribution >= 0.6 is 0 Å². The molecule has 0 amide bonds. The van der Waals surface area contributed by atoms with Gasteiger partial charge in [0.05, 0.1) is 6.21 Å². The van der Waals surface area contributed by atoms with E-state index in [2.05, 4.69) is 10.5 Å². The summed E-state index contributed by atoms with van der Waals surface area (Å²) >= 11 is 0. The molecule has 40 valence electrons. The second-order valence-corrected chi connectivity index (χ2v) is 0.957. The molecular formula is C4H9N3. The summed E-state index contributed by atoms with van der Waals surface area (Å²) in [7, 11) is 0. The van der Waals surface area contributed by atoms with E-state index < -0.39 is 0 Å². The third kappa shape index (κ3) is 5.14. The molecule has 3 heteroatoms. The monoisotopic (exact) mass is 99.1 g/mol. The largest absolute Gasteiger partial charge is 0.310 e. The van der Waals surface area contributed by atoms with Gasteiger partial charge in [0.1, 0.15) is 0 Å². The molecule has 0 aromatic heterocycles. The minimum atomic E-state index is 0.810. The standard InChI is InChI=1S/C4H9N3/c1-2-6-7-4-3-5/h3-6H,2H2,1H3. The van der Waals surface area contributed by atoms with E-state index in [9.17, 15) is 0 Å². The molecule has 0 fully saturated rings. The topological polar surface area (TPSA) is 48.2 Å². The van der Waals surface area contributed by atoms with Gasteiger partial charge >= 0.3 is 0 Å². The number of hydrogen-bond acceptors (Lipinski definition) is 3. The molecule has 0 rings (SSSR count). The first-order valence-electron chi connectivity index (χ1n) is 2.16. The average molecular weight is 99.1 g/mol. The van der Waals surface area contributed by atoms with Crippen LogP contribution in [0.5, 0.6) is 0 Å². The fourth-order valence-corrected chi connectivity index (χ4v) is 0.181. The summed E-state index contributed by atoms with van der Waals surface area (Å²) in [6.07, 6.45) is 2.52. The number of hydrazone groups is 1. The van der Waals surface area contributed by atoms with E-state index in [1.807, 2.05) is 6.92 Å². The Morgan fingerprint density at radius 2 is 2.57 bits per heavy atom. The first kappa shape index (κ1) is 6.14. The van der Waals surface area contributed by atoms with Crippen LogP contribution in [0.4, 0.5) is 0 Å². The summed E-state index contributed by atoms with van der Waals surface area (Å²) in [5.74, 6) is 0. The number of hydrogen-bond donors (Lipinski definition) is 2. The van der Waals surface area contributed by atoms with Gasteiger partial charge in [-0.05, 0) is 6.92 Å². The van der Waals surface area contributed by atoms with E-state index in [1.54, 1.807) is 0 Å². The second kappa shape index (κ2) is 5.14. The van der Waals surface area contributed by atoms with Gasteiger partial charge in [-0.1, -0.05) is 0 Å². The van der Waals surface area contributed by atoms with Gasteiger partial charge in [0, 0.05) is 12.8 Å². The lowest BCUT2D eigenvalue weighted by Crippen LogP contribution is -2.02. The summed E-state index contributed by atoms with van der Waals surface area (Å²) in [4.78, 5) is 0. The highest BCUT2D eigenvalue weighted by atomic mass is 15.3. The Kier molecular flexibility index (Phi) is 4.51. The van der Waals surface area contributed by atoms with E-state index in [4.69, 9.17) is 5.41 Å². The van der Waals surface area contributed by atoms with Crippen molar-refractivity contribution in [2.24, 2.45) is 5.10 Å². The lowest BCUT2D eigenvalue weighted by molar-refractivity contribution is 0.789. The summed E-state index contributed by atoms with van der Waals surface area (Å²) < 4.78 is 0. The summed E-state index contributed by atoms with van der Waals surface area (Å²) in [6.45, 7) is 2.76. The van der Waals surface area contributed by atoms with Crippen LogP contribution in [-0.4, -0.2) is 19.0 Å². The van der Waals surface area contributed by atoms with Crippen molar-refractivity contribution in [3.8, 4) is 0 Å². The quantitative estimate of drug-likeness (QED) is 0.386. The molecule has 0 aliphatic heterocycles. The lowest BCUT2D eigenvalue weighted by Gasteiger charge is -1.85. The average Bonchev–Trinajstić information content (AvgIpc) is 1.69. The third-order valence-electron chi connectivity index (χ3n) is 0.398. The van der Waals surface area contributed by atoms with E-state index in [1.165, 1.54) is 6.21 Å². The molecule has 7 heavy (non-hydrogen) atoms. The Morgan fingerprint density at radius 3 is 3.00 bits per heavy atom. The molecule has 0 spiro atoms. The Balaban J connectivity index is 2.92.